The van der Waals surface area contributed by atoms with Crippen molar-refractivity contribution in [2.75, 3.05) is 23.3 Å². The molecule has 0 unspecified atom stereocenters. The maximum Gasteiger partial charge on any atom is 0.259 e. The first kappa shape index (κ1) is 23.0. The lowest BCUT2D eigenvalue weighted by Crippen LogP contribution is -2.24. The summed E-state index contributed by atoms with van der Waals surface area (Å²) >= 11 is 0. The topological polar surface area (TPSA) is 104 Å². The second kappa shape index (κ2) is 10.2. The Morgan fingerprint density at radius 2 is 1.79 bits per heavy atom. The first-order valence-electron chi connectivity index (χ1n) is 11.5. The quantitative estimate of drug-likeness (QED) is 0.327. The van der Waals surface area contributed by atoms with Gasteiger partial charge in [-0.05, 0) is 60.9 Å². The third-order valence-corrected chi connectivity index (χ3v) is 5.75. The number of fused-ring (bicyclic) bond motifs is 1. The average Bonchev–Trinajstić information content (AvgIpc) is 2.85. The van der Waals surface area contributed by atoms with E-state index in [-0.39, 0.29) is 5.56 Å². The van der Waals surface area contributed by atoms with Crippen LogP contribution >= 0.6 is 0 Å². The maximum atomic E-state index is 12.8. The summed E-state index contributed by atoms with van der Waals surface area (Å²) in [5, 5.41) is 4.49. The maximum absolute atomic E-state index is 12.8. The summed E-state index contributed by atoms with van der Waals surface area (Å²) < 4.78 is 0. The summed E-state index contributed by atoms with van der Waals surface area (Å²) in [6, 6.07) is 17.0. The van der Waals surface area contributed by atoms with Crippen LogP contribution in [0.25, 0.3) is 21.9 Å². The normalized spacial score (nSPS) is 10.9. The fraction of sp³-hybridized carbons (Fsp3) is 0.222. The molecule has 0 fully saturated rings. The number of nitrogens with zero attached hydrogens (tertiary/aromatic N) is 2. The number of rotatable bonds is 9. The molecule has 0 aliphatic carbocycles. The molecule has 4 N–H and O–H groups in total. The van der Waals surface area contributed by atoms with E-state index in [9.17, 15) is 9.59 Å². The molecule has 7 nitrogen and oxygen atoms in total. The predicted octanol–water partition coefficient (Wildman–Crippen LogP) is 5.06. The average molecular weight is 456 g/mol. The molecule has 4 rings (SSSR count). The van der Waals surface area contributed by atoms with E-state index in [2.05, 4.69) is 46.2 Å². The number of pyridine rings is 2. The fourth-order valence-electron chi connectivity index (χ4n) is 4.17. The number of hydrogen-bond acceptors (Lipinski definition) is 5. The Bertz CT molecular complexity index is 1360. The second-order valence-corrected chi connectivity index (χ2v) is 8.22. The molecule has 1 amide bonds. The van der Waals surface area contributed by atoms with Crippen LogP contribution in [0.1, 0.15) is 37.0 Å². The minimum absolute atomic E-state index is 0.242. The molecule has 4 aromatic rings. The van der Waals surface area contributed by atoms with Crippen LogP contribution in [0.5, 0.6) is 0 Å². The fourth-order valence-corrected chi connectivity index (χ4v) is 4.17. The third kappa shape index (κ3) is 4.78. The zero-order valence-corrected chi connectivity index (χ0v) is 19.5. The molecule has 0 radical (unpaired) electrons. The molecule has 34 heavy (non-hydrogen) atoms. The summed E-state index contributed by atoms with van der Waals surface area (Å²) in [6.07, 6.45) is 5.50. The van der Waals surface area contributed by atoms with Crippen LogP contribution in [0.4, 0.5) is 17.2 Å². The first-order chi connectivity index (χ1) is 16.5. The monoisotopic (exact) mass is 455 g/mol. The van der Waals surface area contributed by atoms with Crippen LogP contribution in [-0.4, -0.2) is 29.0 Å². The van der Waals surface area contributed by atoms with E-state index in [1.165, 1.54) is 5.69 Å². The van der Waals surface area contributed by atoms with E-state index in [0.29, 0.717) is 16.8 Å². The first-order valence-corrected chi connectivity index (χ1v) is 11.5. The highest BCUT2D eigenvalue weighted by Gasteiger charge is 2.14. The highest BCUT2D eigenvalue weighted by atomic mass is 16.1. The van der Waals surface area contributed by atoms with E-state index in [1.54, 1.807) is 30.6 Å². The Hall–Kier alpha value is -4.13. The second-order valence-electron chi connectivity index (χ2n) is 8.22. The SMILES string of the molecule is CCCN(CCC)c1ccc(Nc2ncc(-c3cccc(C(N)=O)c3)c3cc[nH]c(=O)c23)cc1. The number of hydrogen-bond donors (Lipinski definition) is 3. The van der Waals surface area contributed by atoms with Crippen LogP contribution in [0.2, 0.25) is 0 Å². The number of nitrogens with two attached hydrogens (primary N) is 1. The molecule has 2 aromatic heterocycles. The van der Waals surface area contributed by atoms with Gasteiger partial charge in [-0.2, -0.15) is 0 Å². The van der Waals surface area contributed by atoms with Crippen LogP contribution in [0, 0.1) is 0 Å². The Kier molecular flexibility index (Phi) is 6.92. The summed E-state index contributed by atoms with van der Waals surface area (Å²) in [5.41, 5.74) is 9.14. The third-order valence-electron chi connectivity index (χ3n) is 5.75. The van der Waals surface area contributed by atoms with Crippen molar-refractivity contribution in [2.24, 2.45) is 5.73 Å². The van der Waals surface area contributed by atoms with Crippen molar-refractivity contribution in [1.82, 2.24) is 9.97 Å². The van der Waals surface area contributed by atoms with Crippen molar-refractivity contribution in [2.45, 2.75) is 26.7 Å². The van der Waals surface area contributed by atoms with Gasteiger partial charge in [-0.25, -0.2) is 4.98 Å². The molecule has 0 atom stereocenters. The van der Waals surface area contributed by atoms with Crippen molar-refractivity contribution < 1.29 is 4.79 Å². The highest BCUT2D eigenvalue weighted by molar-refractivity contribution is 6.03. The number of aromatic nitrogens is 2. The van der Waals surface area contributed by atoms with Crippen molar-refractivity contribution >= 4 is 33.9 Å². The molecule has 0 saturated heterocycles. The number of aromatic amines is 1. The minimum Gasteiger partial charge on any atom is -0.372 e. The molecule has 7 heteroatoms. The minimum atomic E-state index is -0.505. The van der Waals surface area contributed by atoms with Gasteiger partial charge in [0.05, 0.1) is 5.39 Å². The van der Waals surface area contributed by atoms with Gasteiger partial charge < -0.3 is 20.9 Å². The largest absolute Gasteiger partial charge is 0.372 e. The number of benzene rings is 2. The van der Waals surface area contributed by atoms with Gasteiger partial charge in [-0.15, -0.1) is 0 Å². The van der Waals surface area contributed by atoms with E-state index in [4.69, 9.17) is 5.73 Å². The number of carbonyl (C=O) groups excluding carboxylic acids is 1. The standard InChI is InChI=1S/C27H29N5O2/c1-3-14-32(15-4-2)21-10-8-20(9-11-21)31-26-24-22(12-13-29-27(24)34)23(17-30-26)18-6-5-7-19(16-18)25(28)33/h5-13,16-17H,3-4,14-15H2,1-2H3,(H2,28,33)(H,29,34)(H,30,31). The molecule has 0 saturated carbocycles. The molecular weight excluding hydrogens is 426 g/mol. The predicted molar refractivity (Wildman–Crippen MR) is 139 cm³/mol. The summed E-state index contributed by atoms with van der Waals surface area (Å²) in [5.74, 6) is -0.0338. The number of carbonyl (C=O) groups is 1. The lowest BCUT2D eigenvalue weighted by atomic mass is 9.99. The van der Waals surface area contributed by atoms with E-state index in [1.807, 2.05) is 24.3 Å². The van der Waals surface area contributed by atoms with Gasteiger partial charge in [0.15, 0.2) is 0 Å². The van der Waals surface area contributed by atoms with Crippen LogP contribution in [-0.2, 0) is 0 Å². The van der Waals surface area contributed by atoms with E-state index < -0.39 is 5.91 Å². The lowest BCUT2D eigenvalue weighted by molar-refractivity contribution is 0.100. The number of anilines is 3. The molecule has 0 bridgehead atoms. The molecular formula is C27H29N5O2. The summed E-state index contributed by atoms with van der Waals surface area (Å²) in [6.45, 7) is 6.39. The molecule has 0 spiro atoms. The molecule has 2 heterocycles. The van der Waals surface area contributed by atoms with Gasteiger partial charge in [-0.3, -0.25) is 9.59 Å². The van der Waals surface area contributed by atoms with Crippen LogP contribution in [0.15, 0.2) is 71.8 Å². The molecule has 2 aromatic carbocycles. The highest BCUT2D eigenvalue weighted by Crippen LogP contribution is 2.31. The molecule has 0 aliphatic heterocycles. The zero-order chi connectivity index (χ0) is 24.1. The van der Waals surface area contributed by atoms with Gasteiger partial charge in [0.2, 0.25) is 5.91 Å². The summed E-state index contributed by atoms with van der Waals surface area (Å²) in [4.78, 5) is 34.1. The van der Waals surface area contributed by atoms with Gasteiger partial charge in [0.1, 0.15) is 5.82 Å². The number of primary amides is 1. The van der Waals surface area contributed by atoms with Gasteiger partial charge in [0.25, 0.3) is 5.56 Å². The van der Waals surface area contributed by atoms with Crippen molar-refractivity contribution in [1.29, 1.82) is 0 Å². The Labute approximate surface area is 198 Å². The zero-order valence-electron chi connectivity index (χ0n) is 19.5. The smallest absolute Gasteiger partial charge is 0.259 e. The summed E-state index contributed by atoms with van der Waals surface area (Å²) in [7, 11) is 0. The van der Waals surface area contributed by atoms with E-state index >= 15 is 0 Å². The van der Waals surface area contributed by atoms with Crippen molar-refractivity contribution in [3.8, 4) is 11.1 Å². The van der Waals surface area contributed by atoms with Gasteiger partial charge >= 0.3 is 0 Å². The number of nitrogens with one attached hydrogen (secondary N) is 2. The lowest BCUT2D eigenvalue weighted by Gasteiger charge is -2.24. The molecule has 0 aliphatic rings. The Balaban J connectivity index is 1.71. The van der Waals surface area contributed by atoms with Gasteiger partial charge in [-0.1, -0.05) is 26.0 Å². The van der Waals surface area contributed by atoms with Crippen LogP contribution in [0.3, 0.4) is 0 Å². The number of amides is 1. The van der Waals surface area contributed by atoms with Crippen molar-refractivity contribution in [3.05, 3.63) is 82.9 Å². The molecule has 174 valence electrons. The van der Waals surface area contributed by atoms with E-state index in [0.717, 1.165) is 48.1 Å². The van der Waals surface area contributed by atoms with Crippen molar-refractivity contribution in [3.63, 3.8) is 0 Å². The Morgan fingerprint density at radius 1 is 1.06 bits per heavy atom. The van der Waals surface area contributed by atoms with Crippen LogP contribution < -0.4 is 21.5 Å². The Morgan fingerprint density at radius 3 is 2.47 bits per heavy atom. The van der Waals surface area contributed by atoms with Gasteiger partial charge in [0, 0.05) is 53.4 Å². The number of H-pyrrole nitrogens is 1.